The van der Waals surface area contributed by atoms with Crippen molar-refractivity contribution in [2.75, 3.05) is 65.2 Å². The molecule has 1 amide bonds. The van der Waals surface area contributed by atoms with Crippen LogP contribution in [0.1, 0.15) is 27.2 Å². The Morgan fingerprint density at radius 2 is 1.74 bits per heavy atom. The highest BCUT2D eigenvalue weighted by molar-refractivity contribution is 14.0. The first-order chi connectivity index (χ1) is 12.4. The summed E-state index contributed by atoms with van der Waals surface area (Å²) < 4.78 is 29.9. The molecule has 0 radical (unpaired) electrons. The van der Waals surface area contributed by atoms with Crippen molar-refractivity contribution in [1.29, 1.82) is 0 Å². The number of rotatable bonds is 8. The molecular formula is C16H34IN5O4S. The maximum absolute atomic E-state index is 11.8. The van der Waals surface area contributed by atoms with Crippen LogP contribution in [0.25, 0.3) is 0 Å². The third kappa shape index (κ3) is 8.81. The second-order valence-electron chi connectivity index (χ2n) is 5.98. The lowest BCUT2D eigenvalue weighted by molar-refractivity contribution is 0.0914. The van der Waals surface area contributed by atoms with E-state index in [9.17, 15) is 13.2 Å². The third-order valence-electron chi connectivity index (χ3n) is 4.17. The largest absolute Gasteiger partial charge is 0.450 e. The van der Waals surface area contributed by atoms with Crippen molar-refractivity contribution in [3.8, 4) is 0 Å². The van der Waals surface area contributed by atoms with E-state index in [4.69, 9.17) is 4.74 Å². The van der Waals surface area contributed by atoms with Gasteiger partial charge < -0.3 is 19.9 Å². The Morgan fingerprint density at radius 3 is 2.26 bits per heavy atom. The predicted octanol–water partition coefficient (Wildman–Crippen LogP) is 1.02. The highest BCUT2D eigenvalue weighted by atomic mass is 127. The number of amides is 1. The van der Waals surface area contributed by atoms with E-state index >= 15 is 0 Å². The van der Waals surface area contributed by atoms with Crippen molar-refractivity contribution >= 4 is 46.1 Å². The number of sulfonamides is 1. The summed E-state index contributed by atoms with van der Waals surface area (Å²) in [6.45, 7) is 10.2. The average Bonchev–Trinajstić information content (AvgIpc) is 2.64. The van der Waals surface area contributed by atoms with E-state index < -0.39 is 10.0 Å². The molecule has 0 spiro atoms. The molecule has 0 aromatic carbocycles. The monoisotopic (exact) mass is 519 g/mol. The van der Waals surface area contributed by atoms with Crippen LogP contribution in [0, 0.1) is 0 Å². The van der Waals surface area contributed by atoms with E-state index in [-0.39, 0.29) is 35.8 Å². The summed E-state index contributed by atoms with van der Waals surface area (Å²) in [5.74, 6) is 0.914. The normalized spacial score (nSPS) is 15.5. The van der Waals surface area contributed by atoms with E-state index in [1.807, 2.05) is 6.92 Å². The fourth-order valence-corrected chi connectivity index (χ4v) is 3.43. The van der Waals surface area contributed by atoms with Crippen molar-refractivity contribution in [3.63, 3.8) is 0 Å². The molecule has 1 N–H and O–H groups in total. The lowest BCUT2D eigenvalue weighted by Crippen LogP contribution is -2.54. The van der Waals surface area contributed by atoms with Gasteiger partial charge >= 0.3 is 6.09 Å². The zero-order valence-electron chi connectivity index (χ0n) is 16.8. The molecular weight excluding hydrogens is 485 g/mol. The van der Waals surface area contributed by atoms with E-state index in [0.717, 1.165) is 12.5 Å². The summed E-state index contributed by atoms with van der Waals surface area (Å²) >= 11 is 0. The van der Waals surface area contributed by atoms with Crippen LogP contribution >= 0.6 is 24.0 Å². The first-order valence-corrected chi connectivity index (χ1v) is 10.9. The minimum atomic E-state index is -3.14. The smallest absolute Gasteiger partial charge is 0.409 e. The molecule has 160 valence electrons. The quantitative estimate of drug-likeness (QED) is 0.223. The van der Waals surface area contributed by atoms with E-state index in [1.165, 1.54) is 4.31 Å². The van der Waals surface area contributed by atoms with Crippen LogP contribution in [0.3, 0.4) is 0 Å². The number of guanidine groups is 1. The number of halogens is 1. The Labute approximate surface area is 180 Å². The van der Waals surface area contributed by atoms with Gasteiger partial charge in [-0.1, -0.05) is 0 Å². The lowest BCUT2D eigenvalue weighted by Gasteiger charge is -2.35. The fourth-order valence-electron chi connectivity index (χ4n) is 2.58. The number of carbonyl (C=O) groups excluding carboxylic acids is 1. The molecule has 0 bridgehead atoms. The Kier molecular flexibility index (Phi) is 13.0. The summed E-state index contributed by atoms with van der Waals surface area (Å²) in [6, 6.07) is 0. The van der Waals surface area contributed by atoms with Gasteiger partial charge in [0, 0.05) is 52.9 Å². The van der Waals surface area contributed by atoms with Crippen LogP contribution in [-0.4, -0.2) is 99.8 Å². The van der Waals surface area contributed by atoms with Gasteiger partial charge in [-0.25, -0.2) is 17.5 Å². The lowest BCUT2D eigenvalue weighted by atomic mass is 10.3. The highest BCUT2D eigenvalue weighted by Crippen LogP contribution is 2.05. The van der Waals surface area contributed by atoms with Crippen LogP contribution in [0.2, 0.25) is 0 Å². The molecule has 1 heterocycles. The van der Waals surface area contributed by atoms with Crippen molar-refractivity contribution in [2.45, 2.75) is 27.2 Å². The number of carbonyl (C=O) groups is 1. The van der Waals surface area contributed by atoms with Gasteiger partial charge in [0.05, 0.1) is 12.4 Å². The zero-order chi connectivity index (χ0) is 19.6. The minimum Gasteiger partial charge on any atom is -0.450 e. The van der Waals surface area contributed by atoms with Gasteiger partial charge in [-0.05, 0) is 27.2 Å². The van der Waals surface area contributed by atoms with Crippen LogP contribution in [0.5, 0.6) is 0 Å². The second-order valence-corrected chi connectivity index (χ2v) is 8.35. The summed E-state index contributed by atoms with van der Waals surface area (Å²) in [6.07, 6.45) is 0.391. The molecule has 1 rings (SSSR count). The van der Waals surface area contributed by atoms with Crippen molar-refractivity contribution < 1.29 is 17.9 Å². The van der Waals surface area contributed by atoms with Gasteiger partial charge in [0.15, 0.2) is 5.96 Å². The van der Waals surface area contributed by atoms with Crippen LogP contribution < -0.4 is 5.32 Å². The molecule has 0 atom stereocenters. The topological polar surface area (TPSA) is 94.5 Å². The van der Waals surface area contributed by atoms with Crippen molar-refractivity contribution in [3.05, 3.63) is 0 Å². The molecule has 1 fully saturated rings. The number of hydrogen-bond acceptors (Lipinski definition) is 5. The van der Waals surface area contributed by atoms with Gasteiger partial charge in [-0.3, -0.25) is 4.99 Å². The van der Waals surface area contributed by atoms with Crippen molar-refractivity contribution in [1.82, 2.24) is 19.4 Å². The molecule has 27 heavy (non-hydrogen) atoms. The van der Waals surface area contributed by atoms with Gasteiger partial charge in [0.25, 0.3) is 0 Å². The summed E-state index contributed by atoms with van der Waals surface area (Å²) in [5, 5.41) is 3.26. The Hall–Kier alpha value is -0.820. The van der Waals surface area contributed by atoms with Crippen LogP contribution in [0.4, 0.5) is 4.79 Å². The molecule has 9 nitrogen and oxygen atoms in total. The summed E-state index contributed by atoms with van der Waals surface area (Å²) in [5.41, 5.74) is 0. The SMILES string of the molecule is CCNC(=NCCCN(C)S(=O)(=O)CC)N1CCN(C(=O)OCC)CC1.I. The molecule has 11 heteroatoms. The molecule has 0 aliphatic carbocycles. The summed E-state index contributed by atoms with van der Waals surface area (Å²) in [4.78, 5) is 20.2. The first kappa shape index (κ1) is 26.2. The van der Waals surface area contributed by atoms with E-state index in [1.54, 1.807) is 25.8 Å². The molecule has 1 aliphatic heterocycles. The number of nitrogens with zero attached hydrogens (tertiary/aromatic N) is 4. The number of ether oxygens (including phenoxy) is 1. The summed E-state index contributed by atoms with van der Waals surface area (Å²) in [7, 11) is -1.54. The second kappa shape index (κ2) is 13.4. The zero-order valence-corrected chi connectivity index (χ0v) is 20.0. The van der Waals surface area contributed by atoms with Gasteiger partial charge in [-0.2, -0.15) is 0 Å². The first-order valence-electron chi connectivity index (χ1n) is 9.24. The number of piperazine rings is 1. The van der Waals surface area contributed by atoms with Gasteiger partial charge in [0.1, 0.15) is 0 Å². The van der Waals surface area contributed by atoms with Gasteiger partial charge in [0.2, 0.25) is 10.0 Å². The van der Waals surface area contributed by atoms with E-state index in [2.05, 4.69) is 15.2 Å². The maximum atomic E-state index is 11.8. The third-order valence-corrected chi connectivity index (χ3v) is 6.03. The standard InChI is InChI=1S/C16H33N5O4S.HI/c1-5-17-15(18-9-8-10-19(4)26(23,24)7-3)20-11-13-21(14-12-20)16(22)25-6-2;/h5-14H2,1-4H3,(H,17,18);1H. The highest BCUT2D eigenvalue weighted by Gasteiger charge is 2.23. The van der Waals surface area contributed by atoms with Crippen LogP contribution in [-0.2, 0) is 14.8 Å². The maximum Gasteiger partial charge on any atom is 0.409 e. The number of nitrogens with one attached hydrogen (secondary N) is 1. The molecule has 1 aliphatic rings. The Balaban J connectivity index is 0.00000676. The van der Waals surface area contributed by atoms with Gasteiger partial charge in [-0.15, -0.1) is 24.0 Å². The average molecular weight is 519 g/mol. The Bertz CT molecular complexity index is 565. The minimum absolute atomic E-state index is 0. The fraction of sp³-hybridized carbons (Fsp3) is 0.875. The van der Waals surface area contributed by atoms with Crippen LogP contribution in [0.15, 0.2) is 4.99 Å². The van der Waals surface area contributed by atoms with Crippen molar-refractivity contribution in [2.24, 2.45) is 4.99 Å². The predicted molar refractivity (Wildman–Crippen MR) is 118 cm³/mol. The number of hydrogen-bond donors (Lipinski definition) is 1. The molecule has 1 saturated heterocycles. The molecule has 0 aromatic rings. The molecule has 0 saturated carbocycles. The molecule has 0 aromatic heterocycles. The number of aliphatic imine (C=N–C) groups is 1. The Morgan fingerprint density at radius 1 is 1.15 bits per heavy atom. The van der Waals surface area contributed by atoms with E-state index in [0.29, 0.717) is 52.3 Å². The molecule has 0 unspecified atom stereocenters.